The minimum absolute atomic E-state index is 0.0358. The van der Waals surface area contributed by atoms with Crippen LogP contribution in [0.25, 0.3) is 0 Å². The lowest BCUT2D eigenvalue weighted by Gasteiger charge is -2.15. The average Bonchev–Trinajstić information content (AvgIpc) is 3.26. The highest BCUT2D eigenvalue weighted by Gasteiger charge is 2.22. The van der Waals surface area contributed by atoms with Crippen LogP contribution in [0.15, 0.2) is 42.5 Å². The largest absolute Gasteiger partial charge is 0.372 e. The number of fused-ring (bicyclic) bond motifs is 1. The molecule has 4 rings (SSSR count). The van der Waals surface area contributed by atoms with E-state index in [9.17, 15) is 4.79 Å². The molecule has 0 bridgehead atoms. The molecule has 2 aromatic rings. The number of carbonyl (C=O) groups is 1. The highest BCUT2D eigenvalue weighted by atomic mass is 16.5. The van der Waals surface area contributed by atoms with Gasteiger partial charge in [0.25, 0.3) is 5.91 Å². The Kier molecular flexibility index (Phi) is 3.85. The number of hydrogen-bond acceptors (Lipinski definition) is 3. The van der Waals surface area contributed by atoms with Crippen molar-refractivity contribution in [1.82, 2.24) is 5.32 Å². The predicted molar refractivity (Wildman–Crippen MR) is 89.6 cm³/mol. The second-order valence-corrected chi connectivity index (χ2v) is 6.21. The number of anilines is 1. The van der Waals surface area contributed by atoms with Crippen LogP contribution in [0.2, 0.25) is 0 Å². The second kappa shape index (κ2) is 6.14. The molecule has 0 aromatic heterocycles. The van der Waals surface area contributed by atoms with Crippen molar-refractivity contribution in [1.29, 1.82) is 0 Å². The number of rotatable bonds is 3. The number of carbonyl (C=O) groups excluding carboxylic acids is 1. The molecular weight excluding hydrogens is 288 g/mol. The van der Waals surface area contributed by atoms with Crippen molar-refractivity contribution in [3.8, 4) is 0 Å². The third-order valence-electron chi connectivity index (χ3n) is 4.68. The van der Waals surface area contributed by atoms with Crippen LogP contribution in [0.5, 0.6) is 0 Å². The molecule has 2 heterocycles. The maximum atomic E-state index is 12.7. The van der Waals surface area contributed by atoms with Crippen LogP contribution in [0, 0.1) is 0 Å². The summed E-state index contributed by atoms with van der Waals surface area (Å²) < 4.78 is 5.43. The first-order chi connectivity index (χ1) is 11.3. The molecule has 2 N–H and O–H groups in total. The summed E-state index contributed by atoms with van der Waals surface area (Å²) in [5.74, 6) is 0.386. The van der Waals surface area contributed by atoms with Crippen LogP contribution >= 0.6 is 0 Å². The minimum atomic E-state index is -0.0358. The minimum Gasteiger partial charge on any atom is -0.372 e. The van der Waals surface area contributed by atoms with Crippen LogP contribution in [0.3, 0.4) is 0 Å². The van der Waals surface area contributed by atoms with Gasteiger partial charge in [0, 0.05) is 17.8 Å². The lowest BCUT2D eigenvalue weighted by atomic mass is 9.93. The molecule has 4 nitrogen and oxygen atoms in total. The molecule has 0 aliphatic carbocycles. The number of benzene rings is 2. The van der Waals surface area contributed by atoms with Crippen LogP contribution < -0.4 is 10.6 Å². The summed E-state index contributed by atoms with van der Waals surface area (Å²) in [5, 5.41) is 6.41. The van der Waals surface area contributed by atoms with Crippen molar-refractivity contribution < 1.29 is 9.53 Å². The zero-order chi connectivity index (χ0) is 15.6. The Morgan fingerprint density at radius 2 is 2.00 bits per heavy atom. The zero-order valence-corrected chi connectivity index (χ0v) is 13.0. The van der Waals surface area contributed by atoms with Gasteiger partial charge in [-0.3, -0.25) is 4.79 Å². The van der Waals surface area contributed by atoms with Crippen molar-refractivity contribution in [2.75, 3.05) is 18.4 Å². The monoisotopic (exact) mass is 308 g/mol. The van der Waals surface area contributed by atoms with E-state index < -0.39 is 0 Å². The predicted octanol–water partition coefficient (Wildman–Crippen LogP) is 3.05. The molecule has 1 amide bonds. The molecule has 118 valence electrons. The van der Waals surface area contributed by atoms with Gasteiger partial charge in [0.2, 0.25) is 0 Å². The molecule has 2 aromatic carbocycles. The fourth-order valence-corrected chi connectivity index (χ4v) is 3.43. The molecule has 1 fully saturated rings. The standard InChI is InChI=1S/C19H20N2O2/c22-19(21-16-6-5-14-11-23-12-15(14)9-16)18-4-2-1-3-17(18)13-7-8-20-10-13/h1-6,9,13,20H,7-8,10-12H2,(H,21,22)/t13-/m1/s1. The quantitative estimate of drug-likeness (QED) is 0.916. The number of amides is 1. The SMILES string of the molecule is O=C(Nc1ccc2c(c1)COC2)c1ccccc1[C@@H]1CCNC1. The van der Waals surface area contributed by atoms with E-state index >= 15 is 0 Å². The van der Waals surface area contributed by atoms with Crippen molar-refractivity contribution >= 4 is 11.6 Å². The molecule has 1 saturated heterocycles. The van der Waals surface area contributed by atoms with Gasteiger partial charge in [0.05, 0.1) is 13.2 Å². The van der Waals surface area contributed by atoms with Crippen molar-refractivity contribution in [3.63, 3.8) is 0 Å². The molecule has 0 unspecified atom stereocenters. The molecule has 23 heavy (non-hydrogen) atoms. The van der Waals surface area contributed by atoms with Gasteiger partial charge >= 0.3 is 0 Å². The lowest BCUT2D eigenvalue weighted by Crippen LogP contribution is -2.17. The van der Waals surface area contributed by atoms with Crippen molar-refractivity contribution in [2.24, 2.45) is 0 Å². The topological polar surface area (TPSA) is 50.4 Å². The summed E-state index contributed by atoms with van der Waals surface area (Å²) in [6.45, 7) is 3.26. The van der Waals surface area contributed by atoms with E-state index in [0.717, 1.165) is 41.9 Å². The third-order valence-corrected chi connectivity index (χ3v) is 4.68. The van der Waals surface area contributed by atoms with Crippen LogP contribution in [-0.4, -0.2) is 19.0 Å². The van der Waals surface area contributed by atoms with Gasteiger partial charge in [0.1, 0.15) is 0 Å². The summed E-state index contributed by atoms with van der Waals surface area (Å²) in [4.78, 5) is 12.7. The second-order valence-electron chi connectivity index (χ2n) is 6.21. The first kappa shape index (κ1) is 14.4. The lowest BCUT2D eigenvalue weighted by molar-refractivity contribution is 0.102. The Morgan fingerprint density at radius 3 is 2.87 bits per heavy atom. The molecule has 4 heteroatoms. The van der Waals surface area contributed by atoms with Crippen molar-refractivity contribution in [2.45, 2.75) is 25.6 Å². The highest BCUT2D eigenvalue weighted by Crippen LogP contribution is 2.27. The fourth-order valence-electron chi connectivity index (χ4n) is 3.43. The zero-order valence-electron chi connectivity index (χ0n) is 13.0. The maximum Gasteiger partial charge on any atom is 0.255 e. The molecule has 0 spiro atoms. The van der Waals surface area contributed by atoms with E-state index in [0.29, 0.717) is 19.1 Å². The molecule has 2 aliphatic heterocycles. The van der Waals surface area contributed by atoms with Gasteiger partial charge in [-0.25, -0.2) is 0 Å². The van der Waals surface area contributed by atoms with E-state index in [1.54, 1.807) is 0 Å². The maximum absolute atomic E-state index is 12.7. The summed E-state index contributed by atoms with van der Waals surface area (Å²) >= 11 is 0. The van der Waals surface area contributed by atoms with Crippen LogP contribution in [0.1, 0.15) is 39.4 Å². The fraction of sp³-hybridized carbons (Fsp3) is 0.316. The normalized spacial score (nSPS) is 19.6. The van der Waals surface area contributed by atoms with E-state index in [-0.39, 0.29) is 5.91 Å². The van der Waals surface area contributed by atoms with Crippen LogP contribution in [-0.2, 0) is 18.0 Å². The van der Waals surface area contributed by atoms with Gasteiger partial charge in [-0.1, -0.05) is 24.3 Å². The van der Waals surface area contributed by atoms with E-state index in [4.69, 9.17) is 4.74 Å². The van der Waals surface area contributed by atoms with E-state index in [1.165, 1.54) is 5.56 Å². The summed E-state index contributed by atoms with van der Waals surface area (Å²) in [6, 6.07) is 13.9. The molecule has 1 atom stereocenters. The first-order valence-electron chi connectivity index (χ1n) is 8.12. The molecule has 2 aliphatic rings. The van der Waals surface area contributed by atoms with E-state index in [2.05, 4.69) is 16.7 Å². The number of nitrogens with one attached hydrogen (secondary N) is 2. The average molecular weight is 308 g/mol. The number of hydrogen-bond donors (Lipinski definition) is 2. The van der Waals surface area contributed by atoms with Gasteiger partial charge in [-0.15, -0.1) is 0 Å². The molecule has 0 radical (unpaired) electrons. The smallest absolute Gasteiger partial charge is 0.255 e. The Balaban J connectivity index is 1.57. The first-order valence-corrected chi connectivity index (χ1v) is 8.12. The summed E-state index contributed by atoms with van der Waals surface area (Å²) in [5.41, 5.74) is 5.12. The Hall–Kier alpha value is -2.17. The van der Waals surface area contributed by atoms with Crippen molar-refractivity contribution in [3.05, 3.63) is 64.7 Å². The molecular formula is C19H20N2O2. The van der Waals surface area contributed by atoms with Gasteiger partial charge in [-0.2, -0.15) is 0 Å². The van der Waals surface area contributed by atoms with Gasteiger partial charge in [-0.05, 0) is 53.8 Å². The number of ether oxygens (including phenoxy) is 1. The Labute approximate surface area is 135 Å². The van der Waals surface area contributed by atoms with E-state index in [1.807, 2.05) is 36.4 Å². The highest BCUT2D eigenvalue weighted by molar-refractivity contribution is 6.05. The summed E-state index contributed by atoms with van der Waals surface area (Å²) in [6.07, 6.45) is 1.08. The molecule has 0 saturated carbocycles. The third kappa shape index (κ3) is 2.87. The summed E-state index contributed by atoms with van der Waals surface area (Å²) in [7, 11) is 0. The Bertz CT molecular complexity index is 736. The van der Waals surface area contributed by atoms with Gasteiger partial charge < -0.3 is 15.4 Å². The Morgan fingerprint density at radius 1 is 1.13 bits per heavy atom. The van der Waals surface area contributed by atoms with Crippen LogP contribution in [0.4, 0.5) is 5.69 Å². The van der Waals surface area contributed by atoms with Gasteiger partial charge in [0.15, 0.2) is 0 Å².